The van der Waals surface area contributed by atoms with Crippen molar-refractivity contribution in [2.75, 3.05) is 12.3 Å². The molecule has 1 saturated heterocycles. The molecular weight excluding hydrogens is 238 g/mol. The lowest BCUT2D eigenvalue weighted by molar-refractivity contribution is 0.0762. The zero-order chi connectivity index (χ0) is 13.0. The van der Waals surface area contributed by atoms with Crippen molar-refractivity contribution < 1.29 is 4.74 Å². The maximum atomic E-state index is 6.16. The van der Waals surface area contributed by atoms with Crippen molar-refractivity contribution >= 4 is 17.0 Å². The molecule has 2 N–H and O–H groups in total. The van der Waals surface area contributed by atoms with E-state index in [4.69, 9.17) is 10.5 Å². The van der Waals surface area contributed by atoms with Crippen LogP contribution in [-0.2, 0) is 4.74 Å². The Hall–Kier alpha value is -1.55. The van der Waals surface area contributed by atoms with E-state index in [1.165, 1.54) is 18.4 Å². The average molecular weight is 257 g/mol. The van der Waals surface area contributed by atoms with Crippen molar-refractivity contribution in [1.29, 1.82) is 0 Å². The molecule has 2 heterocycles. The summed E-state index contributed by atoms with van der Waals surface area (Å²) in [6.45, 7) is 2.93. The molecule has 0 amide bonds. The van der Waals surface area contributed by atoms with Crippen molar-refractivity contribution in [2.24, 2.45) is 5.92 Å². The molecule has 4 rings (SSSR count). The molecule has 1 aromatic carbocycles. The fourth-order valence-corrected chi connectivity index (χ4v) is 3.33. The molecule has 2 atom stereocenters. The summed E-state index contributed by atoms with van der Waals surface area (Å²) in [4.78, 5) is 4.52. The Balaban J connectivity index is 1.83. The van der Waals surface area contributed by atoms with Gasteiger partial charge >= 0.3 is 0 Å². The van der Waals surface area contributed by atoms with Gasteiger partial charge in [-0.3, -0.25) is 0 Å². The second-order valence-electron chi connectivity index (χ2n) is 5.86. The number of rotatable bonds is 2. The van der Waals surface area contributed by atoms with Crippen LogP contribution in [0.3, 0.4) is 0 Å². The minimum atomic E-state index is 0.334. The Bertz CT molecular complexity index is 630. The standard InChI is InChI=1S/C15H19N3O/c1-9-2-5-12-11(8-9)17-15(16)18(12)13-6-7-19-14(13)10-3-4-10/h2,5,8,10,13-14H,3-4,6-7H2,1H3,(H2,16,17). The van der Waals surface area contributed by atoms with Gasteiger partial charge in [0.15, 0.2) is 0 Å². The molecule has 19 heavy (non-hydrogen) atoms. The third-order valence-corrected chi connectivity index (χ3v) is 4.39. The van der Waals surface area contributed by atoms with E-state index in [-0.39, 0.29) is 0 Å². The van der Waals surface area contributed by atoms with Crippen LogP contribution in [0, 0.1) is 12.8 Å². The first kappa shape index (κ1) is 11.3. The summed E-state index contributed by atoms with van der Waals surface area (Å²) < 4.78 is 8.14. The lowest BCUT2D eigenvalue weighted by Gasteiger charge is -2.21. The smallest absolute Gasteiger partial charge is 0.201 e. The Morgan fingerprint density at radius 1 is 1.32 bits per heavy atom. The van der Waals surface area contributed by atoms with Gasteiger partial charge in [-0.1, -0.05) is 6.07 Å². The van der Waals surface area contributed by atoms with Crippen LogP contribution in [-0.4, -0.2) is 22.3 Å². The normalized spacial score (nSPS) is 27.2. The highest BCUT2D eigenvalue weighted by molar-refractivity contribution is 5.79. The number of hydrogen-bond acceptors (Lipinski definition) is 3. The van der Waals surface area contributed by atoms with E-state index >= 15 is 0 Å². The monoisotopic (exact) mass is 257 g/mol. The number of ether oxygens (including phenoxy) is 1. The zero-order valence-corrected chi connectivity index (χ0v) is 11.2. The summed E-state index contributed by atoms with van der Waals surface area (Å²) in [5, 5.41) is 0. The highest BCUT2D eigenvalue weighted by Gasteiger charge is 2.42. The number of imidazole rings is 1. The van der Waals surface area contributed by atoms with E-state index in [9.17, 15) is 0 Å². The molecule has 1 saturated carbocycles. The third kappa shape index (κ3) is 1.74. The van der Waals surface area contributed by atoms with Crippen molar-refractivity contribution in [3.8, 4) is 0 Å². The summed E-state index contributed by atoms with van der Waals surface area (Å²) in [6, 6.07) is 6.72. The van der Waals surface area contributed by atoms with Gasteiger partial charge in [0.25, 0.3) is 0 Å². The topological polar surface area (TPSA) is 53.1 Å². The maximum absolute atomic E-state index is 6.16. The number of nitrogens with two attached hydrogens (primary N) is 1. The highest BCUT2D eigenvalue weighted by Crippen LogP contribution is 2.44. The van der Waals surface area contributed by atoms with Crippen LogP contribution in [0.25, 0.3) is 11.0 Å². The molecule has 4 nitrogen and oxygen atoms in total. The van der Waals surface area contributed by atoms with Crippen LogP contribution < -0.4 is 5.73 Å². The quantitative estimate of drug-likeness (QED) is 0.900. The largest absolute Gasteiger partial charge is 0.376 e. The van der Waals surface area contributed by atoms with Crippen LogP contribution in [0.1, 0.15) is 30.9 Å². The summed E-state index contributed by atoms with van der Waals surface area (Å²) in [6.07, 6.45) is 3.98. The number of hydrogen-bond donors (Lipinski definition) is 1. The van der Waals surface area contributed by atoms with Gasteiger partial charge in [-0.15, -0.1) is 0 Å². The number of benzene rings is 1. The van der Waals surface area contributed by atoms with Gasteiger partial charge < -0.3 is 15.0 Å². The summed E-state index contributed by atoms with van der Waals surface area (Å²) >= 11 is 0. The minimum absolute atomic E-state index is 0.334. The van der Waals surface area contributed by atoms with E-state index in [0.717, 1.165) is 30.0 Å². The Labute approximate surface area is 112 Å². The highest BCUT2D eigenvalue weighted by atomic mass is 16.5. The fourth-order valence-electron chi connectivity index (χ4n) is 3.33. The lowest BCUT2D eigenvalue weighted by atomic mass is 10.1. The zero-order valence-electron chi connectivity index (χ0n) is 11.2. The fraction of sp³-hybridized carbons (Fsp3) is 0.533. The van der Waals surface area contributed by atoms with Gasteiger partial charge in [0, 0.05) is 6.61 Å². The molecule has 2 fully saturated rings. The third-order valence-electron chi connectivity index (χ3n) is 4.39. The molecule has 0 radical (unpaired) electrons. The van der Waals surface area contributed by atoms with Gasteiger partial charge in [0.1, 0.15) is 0 Å². The van der Waals surface area contributed by atoms with E-state index in [1.807, 2.05) is 0 Å². The van der Waals surface area contributed by atoms with Crippen molar-refractivity contribution in [3.63, 3.8) is 0 Å². The van der Waals surface area contributed by atoms with E-state index in [0.29, 0.717) is 18.1 Å². The molecule has 4 heteroatoms. The van der Waals surface area contributed by atoms with Gasteiger partial charge in [-0.25, -0.2) is 4.98 Å². The lowest BCUT2D eigenvalue weighted by Crippen LogP contribution is -2.23. The van der Waals surface area contributed by atoms with Crippen LogP contribution in [0.15, 0.2) is 18.2 Å². The molecule has 2 unspecified atom stereocenters. The van der Waals surface area contributed by atoms with E-state index in [2.05, 4.69) is 34.7 Å². The predicted molar refractivity (Wildman–Crippen MR) is 75.0 cm³/mol. The van der Waals surface area contributed by atoms with Crippen molar-refractivity contribution in [3.05, 3.63) is 23.8 Å². The van der Waals surface area contributed by atoms with E-state index in [1.54, 1.807) is 0 Å². The van der Waals surface area contributed by atoms with Crippen molar-refractivity contribution in [2.45, 2.75) is 38.3 Å². The van der Waals surface area contributed by atoms with Crippen molar-refractivity contribution in [1.82, 2.24) is 9.55 Å². The van der Waals surface area contributed by atoms with Crippen LogP contribution in [0.4, 0.5) is 5.95 Å². The first-order chi connectivity index (χ1) is 9.24. The molecule has 0 bridgehead atoms. The number of nitrogens with zero attached hydrogens (tertiary/aromatic N) is 2. The number of anilines is 1. The van der Waals surface area contributed by atoms with Crippen LogP contribution in [0.5, 0.6) is 0 Å². The minimum Gasteiger partial charge on any atom is -0.376 e. The van der Waals surface area contributed by atoms with Gasteiger partial charge in [-0.2, -0.15) is 0 Å². The van der Waals surface area contributed by atoms with Gasteiger partial charge in [-0.05, 0) is 49.8 Å². The van der Waals surface area contributed by atoms with Crippen LogP contribution >= 0.6 is 0 Å². The first-order valence-corrected chi connectivity index (χ1v) is 7.10. The Morgan fingerprint density at radius 2 is 2.16 bits per heavy atom. The summed E-state index contributed by atoms with van der Waals surface area (Å²) in [7, 11) is 0. The molecule has 1 aromatic heterocycles. The Morgan fingerprint density at radius 3 is 2.95 bits per heavy atom. The first-order valence-electron chi connectivity index (χ1n) is 7.10. The van der Waals surface area contributed by atoms with Gasteiger partial charge in [0.05, 0.1) is 23.2 Å². The summed E-state index contributed by atoms with van der Waals surface area (Å²) in [5.41, 5.74) is 9.53. The molecular formula is C15H19N3O. The summed E-state index contributed by atoms with van der Waals surface area (Å²) in [5.74, 6) is 1.36. The van der Waals surface area contributed by atoms with Gasteiger partial charge in [0.2, 0.25) is 5.95 Å². The molecule has 2 aromatic rings. The maximum Gasteiger partial charge on any atom is 0.201 e. The molecule has 100 valence electrons. The average Bonchev–Trinajstić information content (AvgIpc) is 3.02. The molecule has 1 aliphatic heterocycles. The second-order valence-corrected chi connectivity index (χ2v) is 5.86. The second kappa shape index (κ2) is 3.97. The SMILES string of the molecule is Cc1ccc2c(c1)nc(N)n2C1CCOC1C1CC1. The Kier molecular flexibility index (Phi) is 2.36. The number of fused-ring (bicyclic) bond motifs is 1. The number of nitrogen functional groups attached to an aromatic ring is 1. The van der Waals surface area contributed by atoms with E-state index < -0.39 is 0 Å². The number of aromatic nitrogens is 2. The van der Waals surface area contributed by atoms with Crippen LogP contribution in [0.2, 0.25) is 0 Å². The predicted octanol–water partition coefficient (Wildman–Crippen LogP) is 2.67. The number of aryl methyl sites for hydroxylation is 1. The molecule has 0 spiro atoms. The molecule has 2 aliphatic rings. The molecule has 1 aliphatic carbocycles.